The Bertz CT molecular complexity index is 365. The highest BCUT2D eigenvalue weighted by Crippen LogP contribution is 2.25. The van der Waals surface area contributed by atoms with Gasteiger partial charge in [0.2, 0.25) is 0 Å². The van der Waals surface area contributed by atoms with Crippen molar-refractivity contribution in [2.75, 3.05) is 40.3 Å². The zero-order valence-electron chi connectivity index (χ0n) is 11.5. The molecule has 1 atom stereocenters. The lowest BCUT2D eigenvalue weighted by molar-refractivity contribution is 0.0425. The van der Waals surface area contributed by atoms with Gasteiger partial charge in [-0.2, -0.15) is 0 Å². The van der Waals surface area contributed by atoms with Gasteiger partial charge in [0.25, 0.3) is 0 Å². The van der Waals surface area contributed by atoms with Gasteiger partial charge >= 0.3 is 0 Å². The molecule has 0 aromatic heterocycles. The zero-order valence-corrected chi connectivity index (χ0v) is 11.5. The maximum absolute atomic E-state index is 5.86. The normalized spacial score (nSPS) is 18.9. The summed E-state index contributed by atoms with van der Waals surface area (Å²) in [5, 5.41) is 3.50. The number of nitrogens with zero attached hydrogens (tertiary/aromatic N) is 1. The first-order valence-corrected chi connectivity index (χ1v) is 6.82. The van der Waals surface area contributed by atoms with Gasteiger partial charge in [0.1, 0.15) is 0 Å². The Kier molecular flexibility index (Phi) is 5.17. The molecule has 0 bridgehead atoms. The van der Waals surface area contributed by atoms with Gasteiger partial charge < -0.3 is 15.0 Å². The Morgan fingerprint density at radius 2 is 2.17 bits per heavy atom. The molecule has 0 aliphatic carbocycles. The van der Waals surface area contributed by atoms with Crippen LogP contribution in [0.2, 0.25) is 0 Å². The molecule has 100 valence electrons. The van der Waals surface area contributed by atoms with Crippen LogP contribution in [0.1, 0.15) is 23.7 Å². The average molecular weight is 248 g/mol. The highest BCUT2D eigenvalue weighted by molar-refractivity contribution is 5.31. The lowest BCUT2D eigenvalue weighted by Gasteiger charge is -2.26. The number of benzene rings is 1. The van der Waals surface area contributed by atoms with Crippen LogP contribution in [0.3, 0.4) is 0 Å². The maximum Gasteiger partial charge on any atom is 0.0952 e. The van der Waals surface area contributed by atoms with E-state index in [2.05, 4.69) is 48.6 Å². The van der Waals surface area contributed by atoms with E-state index in [4.69, 9.17) is 4.74 Å². The molecule has 0 radical (unpaired) electrons. The minimum atomic E-state index is 0.231. The van der Waals surface area contributed by atoms with Crippen molar-refractivity contribution in [3.05, 3.63) is 35.4 Å². The second kappa shape index (κ2) is 6.88. The molecule has 0 saturated carbocycles. The van der Waals surface area contributed by atoms with E-state index in [1.165, 1.54) is 17.5 Å². The molecule has 1 heterocycles. The van der Waals surface area contributed by atoms with Gasteiger partial charge in [-0.05, 0) is 51.2 Å². The van der Waals surface area contributed by atoms with Crippen LogP contribution in [0.5, 0.6) is 0 Å². The molecular weight excluding hydrogens is 224 g/mol. The molecule has 2 rings (SSSR count). The minimum Gasteiger partial charge on any atom is -0.372 e. The van der Waals surface area contributed by atoms with Crippen LogP contribution < -0.4 is 5.32 Å². The predicted molar refractivity (Wildman–Crippen MR) is 74.9 cm³/mol. The van der Waals surface area contributed by atoms with Crippen molar-refractivity contribution in [3.63, 3.8) is 0 Å². The molecule has 0 fully saturated rings. The van der Waals surface area contributed by atoms with Crippen LogP contribution in [0.4, 0.5) is 0 Å². The van der Waals surface area contributed by atoms with Crippen LogP contribution in [0, 0.1) is 0 Å². The standard InChI is InChI=1S/C15H24N2O/c1-17(2)10-5-9-16-12-15-14-7-4-3-6-13(14)8-11-18-15/h3-4,6-7,15-16H,5,8-12H2,1-2H3. The Morgan fingerprint density at radius 3 is 3.00 bits per heavy atom. The Hall–Kier alpha value is -0.900. The van der Waals surface area contributed by atoms with E-state index < -0.39 is 0 Å². The average Bonchev–Trinajstić information content (AvgIpc) is 2.38. The topological polar surface area (TPSA) is 24.5 Å². The van der Waals surface area contributed by atoms with E-state index in [-0.39, 0.29) is 6.10 Å². The number of rotatable bonds is 6. The minimum absolute atomic E-state index is 0.231. The summed E-state index contributed by atoms with van der Waals surface area (Å²) in [5.41, 5.74) is 2.81. The SMILES string of the molecule is CN(C)CCCNCC1OCCc2ccccc21. The van der Waals surface area contributed by atoms with Crippen LogP contribution in [0.15, 0.2) is 24.3 Å². The predicted octanol–water partition coefficient (Wildman–Crippen LogP) is 1.84. The van der Waals surface area contributed by atoms with E-state index in [1.807, 2.05) is 0 Å². The summed E-state index contributed by atoms with van der Waals surface area (Å²) < 4.78 is 5.86. The van der Waals surface area contributed by atoms with E-state index in [0.29, 0.717) is 0 Å². The first-order chi connectivity index (χ1) is 8.77. The van der Waals surface area contributed by atoms with Crippen molar-refractivity contribution in [3.8, 4) is 0 Å². The Balaban J connectivity index is 1.77. The summed E-state index contributed by atoms with van der Waals surface area (Å²) in [7, 11) is 4.22. The van der Waals surface area contributed by atoms with Crippen molar-refractivity contribution >= 4 is 0 Å². The van der Waals surface area contributed by atoms with Gasteiger partial charge in [-0.15, -0.1) is 0 Å². The summed E-state index contributed by atoms with van der Waals surface area (Å²) >= 11 is 0. The summed E-state index contributed by atoms with van der Waals surface area (Å²) in [6.07, 6.45) is 2.46. The second-order valence-corrected chi connectivity index (χ2v) is 5.17. The van der Waals surface area contributed by atoms with Gasteiger partial charge in [-0.3, -0.25) is 0 Å². The van der Waals surface area contributed by atoms with E-state index in [9.17, 15) is 0 Å². The molecule has 1 aromatic rings. The highest BCUT2D eigenvalue weighted by atomic mass is 16.5. The first kappa shape index (κ1) is 13.5. The lowest BCUT2D eigenvalue weighted by atomic mass is 9.97. The fourth-order valence-corrected chi connectivity index (χ4v) is 2.40. The molecule has 1 N–H and O–H groups in total. The van der Waals surface area contributed by atoms with E-state index in [1.54, 1.807) is 0 Å². The van der Waals surface area contributed by atoms with Crippen molar-refractivity contribution in [2.45, 2.75) is 18.9 Å². The summed E-state index contributed by atoms with van der Waals surface area (Å²) in [6.45, 7) is 3.96. The highest BCUT2D eigenvalue weighted by Gasteiger charge is 2.19. The second-order valence-electron chi connectivity index (χ2n) is 5.17. The van der Waals surface area contributed by atoms with Gasteiger partial charge in [0.05, 0.1) is 12.7 Å². The van der Waals surface area contributed by atoms with Crippen molar-refractivity contribution in [1.29, 1.82) is 0 Å². The van der Waals surface area contributed by atoms with Crippen LogP contribution in [-0.4, -0.2) is 45.2 Å². The molecular formula is C15H24N2O. The molecule has 18 heavy (non-hydrogen) atoms. The first-order valence-electron chi connectivity index (χ1n) is 6.82. The Labute approximate surface area is 110 Å². The quantitative estimate of drug-likeness (QED) is 0.778. The van der Waals surface area contributed by atoms with E-state index in [0.717, 1.165) is 32.7 Å². The van der Waals surface area contributed by atoms with Gasteiger partial charge in [-0.1, -0.05) is 24.3 Å². The fraction of sp³-hybridized carbons (Fsp3) is 0.600. The molecule has 3 heteroatoms. The molecule has 1 aliphatic rings. The number of ether oxygens (including phenoxy) is 1. The molecule has 0 amide bonds. The van der Waals surface area contributed by atoms with Crippen LogP contribution in [0.25, 0.3) is 0 Å². The third-order valence-corrected chi connectivity index (χ3v) is 3.38. The number of fused-ring (bicyclic) bond motifs is 1. The van der Waals surface area contributed by atoms with Crippen molar-refractivity contribution in [1.82, 2.24) is 10.2 Å². The van der Waals surface area contributed by atoms with Crippen molar-refractivity contribution in [2.24, 2.45) is 0 Å². The molecule has 1 aliphatic heterocycles. The van der Waals surface area contributed by atoms with Crippen LogP contribution in [-0.2, 0) is 11.2 Å². The number of hydrogen-bond donors (Lipinski definition) is 1. The van der Waals surface area contributed by atoms with Gasteiger partial charge in [-0.25, -0.2) is 0 Å². The third-order valence-electron chi connectivity index (χ3n) is 3.38. The van der Waals surface area contributed by atoms with E-state index >= 15 is 0 Å². The van der Waals surface area contributed by atoms with Crippen molar-refractivity contribution < 1.29 is 4.74 Å². The summed E-state index contributed by atoms with van der Waals surface area (Å²) in [5.74, 6) is 0. The molecule has 3 nitrogen and oxygen atoms in total. The molecule has 1 unspecified atom stereocenters. The summed E-state index contributed by atoms with van der Waals surface area (Å²) in [4.78, 5) is 2.22. The van der Waals surface area contributed by atoms with Gasteiger partial charge in [0, 0.05) is 6.54 Å². The van der Waals surface area contributed by atoms with Gasteiger partial charge in [0.15, 0.2) is 0 Å². The summed E-state index contributed by atoms with van der Waals surface area (Å²) in [6, 6.07) is 8.63. The smallest absolute Gasteiger partial charge is 0.0952 e. The maximum atomic E-state index is 5.86. The monoisotopic (exact) mass is 248 g/mol. The fourth-order valence-electron chi connectivity index (χ4n) is 2.40. The lowest BCUT2D eigenvalue weighted by Crippen LogP contribution is -2.29. The third kappa shape index (κ3) is 3.80. The zero-order chi connectivity index (χ0) is 12.8. The van der Waals surface area contributed by atoms with Crippen LogP contribution >= 0.6 is 0 Å². The number of nitrogens with one attached hydrogen (secondary N) is 1. The largest absolute Gasteiger partial charge is 0.372 e. The molecule has 1 aromatic carbocycles. The number of hydrogen-bond acceptors (Lipinski definition) is 3. The Morgan fingerprint density at radius 1 is 1.33 bits per heavy atom. The molecule has 0 saturated heterocycles. The molecule has 0 spiro atoms.